The van der Waals surface area contributed by atoms with Crippen molar-refractivity contribution in [1.82, 2.24) is 0 Å². The summed E-state index contributed by atoms with van der Waals surface area (Å²) >= 11 is 0. The Morgan fingerprint density at radius 2 is 1.26 bits per heavy atom. The van der Waals surface area contributed by atoms with Gasteiger partial charge in [-0.25, -0.2) is 4.79 Å². The van der Waals surface area contributed by atoms with Gasteiger partial charge in [0.05, 0.1) is 5.56 Å². The van der Waals surface area contributed by atoms with Crippen molar-refractivity contribution in [1.29, 1.82) is 0 Å². The maximum Gasteiger partial charge on any atom is 0.335 e. The van der Waals surface area contributed by atoms with Crippen LogP contribution in [0.5, 0.6) is 11.5 Å². The highest BCUT2D eigenvalue weighted by Gasteiger charge is 2.07. The number of benzene rings is 3. The summed E-state index contributed by atoms with van der Waals surface area (Å²) in [5.74, 6) is -1.34. The van der Waals surface area contributed by atoms with Crippen LogP contribution in [0.25, 0.3) is 21.5 Å². The predicted molar refractivity (Wildman–Crippen MR) is 71.7 cm³/mol. The van der Waals surface area contributed by atoms with Crippen molar-refractivity contribution < 1.29 is 20.1 Å². The monoisotopic (exact) mass is 254 g/mol. The summed E-state index contributed by atoms with van der Waals surface area (Å²) in [6.07, 6.45) is 0. The number of hydrogen-bond acceptors (Lipinski definition) is 3. The zero-order valence-corrected chi connectivity index (χ0v) is 9.79. The van der Waals surface area contributed by atoms with Crippen molar-refractivity contribution in [2.24, 2.45) is 0 Å². The first-order valence-electron chi connectivity index (χ1n) is 5.67. The van der Waals surface area contributed by atoms with Crippen LogP contribution < -0.4 is 0 Å². The zero-order chi connectivity index (χ0) is 13.6. The first kappa shape index (κ1) is 11.3. The summed E-state index contributed by atoms with van der Waals surface area (Å²) in [5.41, 5.74) is 0.217. The molecule has 0 radical (unpaired) electrons. The lowest BCUT2D eigenvalue weighted by atomic mass is 10.0. The zero-order valence-electron chi connectivity index (χ0n) is 9.79. The molecule has 0 bridgehead atoms. The number of rotatable bonds is 1. The maximum absolute atomic E-state index is 10.9. The van der Waals surface area contributed by atoms with Gasteiger partial charge in [0.2, 0.25) is 0 Å². The van der Waals surface area contributed by atoms with Crippen molar-refractivity contribution in [3.05, 3.63) is 48.0 Å². The van der Waals surface area contributed by atoms with Gasteiger partial charge >= 0.3 is 5.97 Å². The number of aromatic hydroxyl groups is 2. The molecule has 3 N–H and O–H groups in total. The molecule has 3 aromatic rings. The van der Waals surface area contributed by atoms with E-state index < -0.39 is 5.97 Å². The highest BCUT2D eigenvalue weighted by Crippen LogP contribution is 2.32. The molecule has 19 heavy (non-hydrogen) atoms. The molecule has 0 fully saturated rings. The van der Waals surface area contributed by atoms with E-state index in [2.05, 4.69) is 0 Å². The lowest BCUT2D eigenvalue weighted by molar-refractivity contribution is 0.0697. The highest BCUT2D eigenvalue weighted by molar-refractivity contribution is 6.02. The number of phenols is 2. The smallest absolute Gasteiger partial charge is 0.335 e. The fourth-order valence-corrected chi connectivity index (χ4v) is 2.16. The van der Waals surface area contributed by atoms with Crippen LogP contribution in [0.2, 0.25) is 0 Å². The Kier molecular flexibility index (Phi) is 2.32. The lowest BCUT2D eigenvalue weighted by Crippen LogP contribution is -1.95. The third-order valence-corrected chi connectivity index (χ3v) is 3.14. The molecule has 0 aliphatic heterocycles. The number of carbonyl (C=O) groups is 1. The summed E-state index contributed by atoms with van der Waals surface area (Å²) < 4.78 is 0. The van der Waals surface area contributed by atoms with Crippen LogP contribution in [0.4, 0.5) is 0 Å². The summed E-state index contributed by atoms with van der Waals surface area (Å²) in [6, 6.07) is 11.4. The van der Waals surface area contributed by atoms with Crippen molar-refractivity contribution in [2.75, 3.05) is 0 Å². The SMILES string of the molecule is O=C(O)c1ccc2cc3cc(O)c(O)cc3cc2c1. The van der Waals surface area contributed by atoms with Gasteiger partial charge in [-0.15, -0.1) is 0 Å². The van der Waals surface area contributed by atoms with E-state index in [-0.39, 0.29) is 17.1 Å². The predicted octanol–water partition coefficient (Wildman–Crippen LogP) is 3.10. The molecule has 4 nitrogen and oxygen atoms in total. The van der Waals surface area contributed by atoms with E-state index in [0.717, 1.165) is 21.5 Å². The molecule has 94 valence electrons. The molecule has 0 aliphatic carbocycles. The molecule has 0 heterocycles. The van der Waals surface area contributed by atoms with E-state index in [1.807, 2.05) is 6.07 Å². The molecule has 0 spiro atoms. The minimum absolute atomic E-state index is 0.172. The minimum Gasteiger partial charge on any atom is -0.504 e. The first-order valence-corrected chi connectivity index (χ1v) is 5.67. The van der Waals surface area contributed by atoms with E-state index in [1.165, 1.54) is 18.2 Å². The molecule has 0 unspecified atom stereocenters. The van der Waals surface area contributed by atoms with Crippen LogP contribution in [0, 0.1) is 0 Å². The Hall–Kier alpha value is -2.75. The summed E-state index contributed by atoms with van der Waals surface area (Å²) in [5, 5.41) is 31.1. The molecule has 3 rings (SSSR count). The maximum atomic E-state index is 10.9. The molecule has 0 saturated heterocycles. The Morgan fingerprint density at radius 3 is 1.84 bits per heavy atom. The Morgan fingerprint density at radius 1 is 0.737 bits per heavy atom. The molecule has 0 aliphatic rings. The second-order valence-corrected chi connectivity index (χ2v) is 4.41. The third-order valence-electron chi connectivity index (χ3n) is 3.14. The van der Waals surface area contributed by atoms with Gasteiger partial charge in [-0.05, 0) is 57.9 Å². The Labute approximate surface area is 108 Å². The molecule has 3 aromatic carbocycles. The summed E-state index contributed by atoms with van der Waals surface area (Å²) in [4.78, 5) is 10.9. The second-order valence-electron chi connectivity index (χ2n) is 4.41. The van der Waals surface area contributed by atoms with Crippen LogP contribution in [0.15, 0.2) is 42.5 Å². The molecular weight excluding hydrogens is 244 g/mol. The van der Waals surface area contributed by atoms with E-state index in [0.29, 0.717) is 0 Å². The largest absolute Gasteiger partial charge is 0.504 e. The lowest BCUT2D eigenvalue weighted by Gasteiger charge is -2.05. The number of carboxylic acid groups (broad SMARTS) is 1. The standard InChI is InChI=1S/C15H10O4/c16-13-6-11-3-8-1-2-9(15(18)19)4-10(8)5-12(11)7-14(13)17/h1-7,16-17H,(H,18,19). The van der Waals surface area contributed by atoms with Gasteiger partial charge < -0.3 is 15.3 Å². The van der Waals surface area contributed by atoms with Crippen molar-refractivity contribution in [3.63, 3.8) is 0 Å². The van der Waals surface area contributed by atoms with E-state index in [4.69, 9.17) is 5.11 Å². The van der Waals surface area contributed by atoms with Gasteiger partial charge in [0.15, 0.2) is 11.5 Å². The summed E-state index contributed by atoms with van der Waals surface area (Å²) in [6.45, 7) is 0. The van der Waals surface area contributed by atoms with Gasteiger partial charge in [0.25, 0.3) is 0 Å². The van der Waals surface area contributed by atoms with E-state index in [9.17, 15) is 15.0 Å². The molecule has 4 heteroatoms. The minimum atomic E-state index is -0.976. The van der Waals surface area contributed by atoms with E-state index >= 15 is 0 Å². The van der Waals surface area contributed by atoms with Gasteiger partial charge in [0, 0.05) is 0 Å². The third kappa shape index (κ3) is 1.83. The second kappa shape index (κ2) is 3.88. The average Bonchev–Trinajstić information content (AvgIpc) is 2.37. The molecule has 0 saturated carbocycles. The molecule has 0 amide bonds. The van der Waals surface area contributed by atoms with Gasteiger partial charge in [0.1, 0.15) is 0 Å². The van der Waals surface area contributed by atoms with Gasteiger partial charge in [-0.1, -0.05) is 6.07 Å². The quantitative estimate of drug-likeness (QED) is 0.460. The number of aromatic carboxylic acids is 1. The van der Waals surface area contributed by atoms with E-state index in [1.54, 1.807) is 18.2 Å². The Balaban J connectivity index is 2.35. The van der Waals surface area contributed by atoms with Crippen molar-refractivity contribution in [3.8, 4) is 11.5 Å². The fourth-order valence-electron chi connectivity index (χ4n) is 2.16. The molecular formula is C15H10O4. The average molecular weight is 254 g/mol. The van der Waals surface area contributed by atoms with Gasteiger partial charge in [-0.3, -0.25) is 0 Å². The van der Waals surface area contributed by atoms with Crippen molar-refractivity contribution >= 4 is 27.5 Å². The summed E-state index contributed by atoms with van der Waals surface area (Å²) in [7, 11) is 0. The van der Waals surface area contributed by atoms with Crippen LogP contribution in [0.1, 0.15) is 10.4 Å². The molecule has 0 aromatic heterocycles. The molecule has 0 atom stereocenters. The number of phenolic OH excluding ortho intramolecular Hbond substituents is 2. The number of hydrogen-bond donors (Lipinski definition) is 3. The normalized spacial score (nSPS) is 10.9. The highest BCUT2D eigenvalue weighted by atomic mass is 16.4. The first-order chi connectivity index (χ1) is 9.04. The van der Waals surface area contributed by atoms with Crippen LogP contribution in [0.3, 0.4) is 0 Å². The Bertz CT molecular complexity index is 821. The van der Waals surface area contributed by atoms with Crippen molar-refractivity contribution in [2.45, 2.75) is 0 Å². The van der Waals surface area contributed by atoms with Crippen LogP contribution >= 0.6 is 0 Å². The van der Waals surface area contributed by atoms with Crippen LogP contribution in [-0.2, 0) is 0 Å². The topological polar surface area (TPSA) is 77.8 Å². The number of carboxylic acids is 1. The van der Waals surface area contributed by atoms with Crippen LogP contribution in [-0.4, -0.2) is 21.3 Å². The number of fused-ring (bicyclic) bond motifs is 2. The fraction of sp³-hybridized carbons (Fsp3) is 0. The van der Waals surface area contributed by atoms with Gasteiger partial charge in [-0.2, -0.15) is 0 Å².